The highest BCUT2D eigenvalue weighted by Crippen LogP contribution is 2.11. The van der Waals surface area contributed by atoms with Crippen LogP contribution in [-0.4, -0.2) is 98.0 Å². The van der Waals surface area contributed by atoms with Crippen LogP contribution in [0, 0.1) is 5.92 Å². The molecule has 1 unspecified atom stereocenters. The lowest BCUT2D eigenvalue weighted by molar-refractivity contribution is -0.494. The lowest BCUT2D eigenvalue weighted by Crippen LogP contribution is -2.49. The first-order chi connectivity index (χ1) is 18.4. The van der Waals surface area contributed by atoms with Crippen molar-refractivity contribution in [3.05, 3.63) is 0 Å². The van der Waals surface area contributed by atoms with Gasteiger partial charge in [-0.15, -0.1) is 0 Å². The van der Waals surface area contributed by atoms with Crippen molar-refractivity contribution in [2.75, 3.05) is 53.4 Å². The average molecular weight is 536 g/mol. The van der Waals surface area contributed by atoms with Crippen molar-refractivity contribution in [1.82, 2.24) is 15.1 Å². The van der Waals surface area contributed by atoms with Gasteiger partial charge >= 0.3 is 18.1 Å². The fourth-order valence-corrected chi connectivity index (χ4v) is 3.91. The molecule has 0 saturated carbocycles. The van der Waals surface area contributed by atoms with Crippen molar-refractivity contribution in [2.45, 2.75) is 84.0 Å². The van der Waals surface area contributed by atoms with Crippen LogP contribution in [0.5, 0.6) is 0 Å². The van der Waals surface area contributed by atoms with Gasteiger partial charge in [0.1, 0.15) is 7.05 Å². The van der Waals surface area contributed by atoms with Crippen LogP contribution < -0.4 is 5.32 Å². The first-order valence-corrected chi connectivity index (χ1v) is 13.8. The maximum Gasteiger partial charge on any atom is 0.423 e. The summed E-state index contributed by atoms with van der Waals surface area (Å²) in [5, 5.41) is 2.87. The van der Waals surface area contributed by atoms with Crippen LogP contribution >= 0.6 is 0 Å². The summed E-state index contributed by atoms with van der Waals surface area (Å²) in [6.07, 6.45) is 15.3. The number of hydrogen-bond acceptors (Lipinski definition) is 7. The van der Waals surface area contributed by atoms with E-state index in [1.54, 1.807) is 25.1 Å². The molecule has 0 bridgehead atoms. The predicted octanol–water partition coefficient (Wildman–Crippen LogP) is 4.02. The summed E-state index contributed by atoms with van der Waals surface area (Å²) < 4.78 is 1.48. The fourth-order valence-electron chi connectivity index (χ4n) is 3.91. The zero-order valence-electron chi connectivity index (χ0n) is 23.6. The van der Waals surface area contributed by atoms with Gasteiger partial charge in [0.25, 0.3) is 0 Å². The first kappa shape index (κ1) is 34.9. The number of imide groups is 1. The Bertz CT molecular complexity index is 817. The lowest BCUT2D eigenvalue weighted by Gasteiger charge is -2.27. The predicted molar refractivity (Wildman–Crippen MR) is 145 cm³/mol. The molecular formula is C27H47N6O5+. The standard InChI is InChI=1S/C27H46N6O5/c1-25(21-29-23-35)15-9-8-13-19-32(3)27(38)33(20-14-7-6-12-18-31(2)24-36)26(37)30-17-11-5-4-10-16-28-22-34/h25H,4-21H2,1-3H3/p+1. The molecule has 214 valence electrons. The summed E-state index contributed by atoms with van der Waals surface area (Å²) in [7, 11) is 3.41. The largest absolute Gasteiger partial charge is 0.423 e. The van der Waals surface area contributed by atoms with Gasteiger partial charge < -0.3 is 10.2 Å². The molecule has 0 rings (SSSR count). The Labute approximate surface area is 227 Å². The summed E-state index contributed by atoms with van der Waals surface area (Å²) in [5.41, 5.74) is 0. The highest BCUT2D eigenvalue weighted by molar-refractivity contribution is 5.93. The minimum atomic E-state index is -0.382. The van der Waals surface area contributed by atoms with Gasteiger partial charge in [-0.1, -0.05) is 39.0 Å². The number of amides is 4. The molecule has 0 aromatic carbocycles. The van der Waals surface area contributed by atoms with E-state index >= 15 is 0 Å². The Hall–Kier alpha value is -3.12. The summed E-state index contributed by atoms with van der Waals surface area (Å²) in [6, 6.07) is -0.689. The van der Waals surface area contributed by atoms with Crippen LogP contribution in [0.3, 0.4) is 0 Å². The van der Waals surface area contributed by atoms with Crippen molar-refractivity contribution in [1.29, 1.82) is 0 Å². The number of carbonyl (C=O) groups is 2. The summed E-state index contributed by atoms with van der Waals surface area (Å²) in [5.74, 6) is 0.330. The molecular weight excluding hydrogens is 488 g/mol. The molecule has 0 aliphatic rings. The molecule has 0 spiro atoms. The van der Waals surface area contributed by atoms with E-state index in [2.05, 4.69) is 15.3 Å². The van der Waals surface area contributed by atoms with Crippen molar-refractivity contribution in [3.63, 3.8) is 0 Å². The second-order valence-electron chi connectivity index (χ2n) is 9.79. The van der Waals surface area contributed by atoms with Gasteiger partial charge in [-0.3, -0.25) is 0 Å². The number of rotatable bonds is 22. The average Bonchev–Trinajstić information content (AvgIpc) is 2.91. The quantitative estimate of drug-likeness (QED) is 0.0968. The Morgan fingerprint density at radius 2 is 1.47 bits per heavy atom. The molecule has 0 aliphatic heterocycles. The summed E-state index contributed by atoms with van der Waals surface area (Å²) in [4.78, 5) is 66.9. The third kappa shape index (κ3) is 19.1. The Balaban J connectivity index is 4.63. The molecule has 0 saturated heterocycles. The maximum atomic E-state index is 13.1. The van der Waals surface area contributed by atoms with Gasteiger partial charge in [0, 0.05) is 33.1 Å². The van der Waals surface area contributed by atoms with E-state index < -0.39 is 0 Å². The van der Waals surface area contributed by atoms with Crippen molar-refractivity contribution in [3.8, 4) is 0 Å². The van der Waals surface area contributed by atoms with Gasteiger partial charge in [0.05, 0.1) is 13.1 Å². The third-order valence-electron chi connectivity index (χ3n) is 6.28. The molecule has 0 fully saturated rings. The summed E-state index contributed by atoms with van der Waals surface area (Å²) in [6.45, 7) is 5.03. The normalized spacial score (nSPS) is 10.9. The van der Waals surface area contributed by atoms with Gasteiger partial charge in [-0.05, 0) is 44.4 Å². The molecule has 0 heterocycles. The smallest absolute Gasteiger partial charge is 0.338 e. The Morgan fingerprint density at radius 1 is 0.842 bits per heavy atom. The molecule has 1 N–H and O–H groups in total. The van der Waals surface area contributed by atoms with Gasteiger partial charge in [0.15, 0.2) is 6.54 Å². The van der Waals surface area contributed by atoms with Gasteiger partial charge in [-0.2, -0.15) is 9.37 Å². The zero-order valence-corrected chi connectivity index (χ0v) is 23.6. The minimum absolute atomic E-state index is 0.307. The molecule has 11 nitrogen and oxygen atoms in total. The molecule has 0 radical (unpaired) electrons. The molecule has 0 aromatic rings. The lowest BCUT2D eigenvalue weighted by atomic mass is 10.0. The second kappa shape index (κ2) is 24.2. The van der Waals surface area contributed by atoms with E-state index in [0.717, 1.165) is 70.6 Å². The second-order valence-corrected chi connectivity index (χ2v) is 9.79. The van der Waals surface area contributed by atoms with E-state index in [1.165, 1.54) is 15.6 Å². The van der Waals surface area contributed by atoms with Crippen LogP contribution in [0.1, 0.15) is 84.0 Å². The van der Waals surface area contributed by atoms with Crippen molar-refractivity contribution < 1.29 is 28.5 Å². The molecule has 1 atom stereocenters. The number of nitrogens with zero attached hydrogens (tertiary/aromatic N) is 5. The van der Waals surface area contributed by atoms with E-state index in [0.29, 0.717) is 51.6 Å². The number of urea groups is 2. The molecule has 11 heteroatoms. The number of isocyanates is 3. The van der Waals surface area contributed by atoms with E-state index in [1.807, 2.05) is 13.0 Å². The maximum absolute atomic E-state index is 13.1. The number of aliphatic imine (C=N–C) groups is 2. The van der Waals surface area contributed by atoms with Gasteiger partial charge in [0.2, 0.25) is 12.2 Å². The zero-order chi connectivity index (χ0) is 28.4. The number of hydrogen-bond donors (Lipinski definition) is 1. The van der Waals surface area contributed by atoms with Crippen LogP contribution in [-0.2, 0) is 14.4 Å². The van der Waals surface area contributed by atoms with Crippen LogP contribution in [0.25, 0.3) is 0 Å². The van der Waals surface area contributed by atoms with E-state index in [9.17, 15) is 24.0 Å². The topological polar surface area (TPSA) is 132 Å². The van der Waals surface area contributed by atoms with Crippen LogP contribution in [0.2, 0.25) is 0 Å². The monoisotopic (exact) mass is 535 g/mol. The first-order valence-electron chi connectivity index (χ1n) is 13.8. The summed E-state index contributed by atoms with van der Waals surface area (Å²) >= 11 is 0. The molecule has 0 aromatic heterocycles. The van der Waals surface area contributed by atoms with Crippen molar-refractivity contribution >= 4 is 30.3 Å². The highest BCUT2D eigenvalue weighted by atomic mass is 16.2. The fraction of sp³-hybridized carbons (Fsp3) is 0.815. The van der Waals surface area contributed by atoms with Crippen LogP contribution in [0.15, 0.2) is 9.98 Å². The highest BCUT2D eigenvalue weighted by Gasteiger charge is 2.23. The third-order valence-corrected chi connectivity index (χ3v) is 6.28. The Kier molecular flexibility index (Phi) is 22.2. The van der Waals surface area contributed by atoms with Gasteiger partial charge in [-0.25, -0.2) is 34.1 Å². The van der Waals surface area contributed by atoms with E-state index in [4.69, 9.17) is 0 Å². The SMILES string of the molecule is CC(CCCCCN(C)C(=O)N(CCCCCC[N+](C)=C=O)C(=O)NCCCCCCN=C=O)CN=C=O. The van der Waals surface area contributed by atoms with Crippen LogP contribution in [0.4, 0.5) is 9.59 Å². The number of unbranched alkanes of at least 4 members (excludes halogenated alkanes) is 8. The molecule has 0 aliphatic carbocycles. The minimum Gasteiger partial charge on any atom is -0.338 e. The van der Waals surface area contributed by atoms with Crippen molar-refractivity contribution in [2.24, 2.45) is 15.9 Å². The Morgan fingerprint density at radius 3 is 2.18 bits per heavy atom. The number of nitrogens with one attached hydrogen (secondary N) is 1. The number of carbonyl (C=O) groups excluding carboxylic acids is 5. The van der Waals surface area contributed by atoms with E-state index in [-0.39, 0.29) is 12.1 Å². The molecule has 4 amide bonds. The molecule has 38 heavy (non-hydrogen) atoms.